The molecule has 0 radical (unpaired) electrons. The van der Waals surface area contributed by atoms with Gasteiger partial charge in [-0.3, -0.25) is 9.59 Å². The van der Waals surface area contributed by atoms with Gasteiger partial charge in [-0.15, -0.1) is 34.0 Å². The summed E-state index contributed by atoms with van der Waals surface area (Å²) >= 11 is 4.75. The first-order valence-corrected chi connectivity index (χ1v) is 13.3. The van der Waals surface area contributed by atoms with Crippen LogP contribution in [0.25, 0.3) is 40.4 Å². The smallest absolute Gasteiger partial charge is 0.307 e. The number of hydrogen-bond acceptors (Lipinski definition) is 5. The molecule has 2 N–H and O–H groups in total. The molecule has 7 heteroatoms. The summed E-state index contributed by atoms with van der Waals surface area (Å²) in [5, 5.41) is 19.0. The van der Waals surface area contributed by atoms with E-state index in [2.05, 4.69) is 0 Å². The molecule has 4 nitrogen and oxygen atoms in total. The van der Waals surface area contributed by atoms with E-state index in [-0.39, 0.29) is 12.8 Å². The molecule has 0 unspecified atom stereocenters. The standard InChI is InChI=1S/C28H20O4S3/c29-25(30)15-19-13-23(17-7-3-1-4-8-17)34-27(19)21-11-12-22(33-21)28-20(16-26(31)32)14-24(35-28)18-9-5-2-6-10-18/h1-14H,15-16H2,(H,29,30)(H,31,32). The highest BCUT2D eigenvalue weighted by Crippen LogP contribution is 2.46. The van der Waals surface area contributed by atoms with Crippen molar-refractivity contribution in [2.24, 2.45) is 0 Å². The third kappa shape index (κ3) is 5.12. The molecule has 0 aliphatic carbocycles. The highest BCUT2D eigenvalue weighted by atomic mass is 32.1. The molecule has 0 saturated carbocycles. The lowest BCUT2D eigenvalue weighted by molar-refractivity contribution is -0.137. The van der Waals surface area contributed by atoms with E-state index >= 15 is 0 Å². The number of benzene rings is 2. The summed E-state index contributed by atoms with van der Waals surface area (Å²) in [4.78, 5) is 29.0. The highest BCUT2D eigenvalue weighted by Gasteiger charge is 2.20. The molecule has 174 valence electrons. The van der Waals surface area contributed by atoms with Crippen LogP contribution < -0.4 is 0 Å². The second kappa shape index (κ2) is 10.00. The maximum absolute atomic E-state index is 11.6. The Labute approximate surface area is 214 Å². The van der Waals surface area contributed by atoms with E-state index in [1.807, 2.05) is 84.9 Å². The summed E-state index contributed by atoms with van der Waals surface area (Å²) in [7, 11) is 0. The topological polar surface area (TPSA) is 74.6 Å². The highest BCUT2D eigenvalue weighted by molar-refractivity contribution is 7.28. The molecule has 0 atom stereocenters. The summed E-state index contributed by atoms with van der Waals surface area (Å²) in [6.07, 6.45) is -0.0966. The van der Waals surface area contributed by atoms with E-state index in [1.54, 1.807) is 34.0 Å². The van der Waals surface area contributed by atoms with E-state index in [0.29, 0.717) is 0 Å². The average Bonchev–Trinajstić information content (AvgIpc) is 3.58. The Morgan fingerprint density at radius 3 is 1.31 bits per heavy atom. The fourth-order valence-corrected chi connectivity index (χ4v) is 7.60. The number of carboxylic acid groups (broad SMARTS) is 2. The van der Waals surface area contributed by atoms with E-state index in [1.165, 1.54) is 0 Å². The lowest BCUT2D eigenvalue weighted by Crippen LogP contribution is -1.99. The van der Waals surface area contributed by atoms with E-state index in [9.17, 15) is 19.8 Å². The summed E-state index contributed by atoms with van der Waals surface area (Å²) < 4.78 is 0. The zero-order valence-corrected chi connectivity index (χ0v) is 20.9. The third-order valence-electron chi connectivity index (χ3n) is 5.47. The lowest BCUT2D eigenvalue weighted by Gasteiger charge is -1.99. The van der Waals surface area contributed by atoms with Gasteiger partial charge in [0.15, 0.2) is 0 Å². The van der Waals surface area contributed by atoms with Crippen molar-refractivity contribution in [3.63, 3.8) is 0 Å². The van der Waals surface area contributed by atoms with Gasteiger partial charge >= 0.3 is 11.9 Å². The molecule has 0 saturated heterocycles. The molecular weight excluding hydrogens is 497 g/mol. The zero-order valence-electron chi connectivity index (χ0n) is 18.4. The first kappa shape index (κ1) is 23.2. The number of rotatable bonds is 8. The van der Waals surface area contributed by atoms with Gasteiger partial charge in [-0.25, -0.2) is 0 Å². The van der Waals surface area contributed by atoms with Crippen molar-refractivity contribution in [1.29, 1.82) is 0 Å². The van der Waals surface area contributed by atoms with Crippen molar-refractivity contribution < 1.29 is 19.8 Å². The molecule has 35 heavy (non-hydrogen) atoms. The molecule has 2 aromatic carbocycles. The number of aliphatic carboxylic acids is 2. The van der Waals surface area contributed by atoms with Gasteiger partial charge in [0.2, 0.25) is 0 Å². The summed E-state index contributed by atoms with van der Waals surface area (Å²) in [6, 6.07) is 27.9. The van der Waals surface area contributed by atoms with Gasteiger partial charge in [0.05, 0.1) is 12.8 Å². The van der Waals surface area contributed by atoms with Crippen LogP contribution in [0.3, 0.4) is 0 Å². The molecule has 3 heterocycles. The van der Waals surface area contributed by atoms with Gasteiger partial charge in [0, 0.05) is 29.3 Å². The van der Waals surface area contributed by atoms with Crippen LogP contribution in [0.15, 0.2) is 84.9 Å². The fraction of sp³-hybridized carbons (Fsp3) is 0.0714. The van der Waals surface area contributed by atoms with Crippen molar-refractivity contribution in [3.05, 3.63) is 96.1 Å². The number of hydrogen-bond donors (Lipinski definition) is 2. The van der Waals surface area contributed by atoms with E-state index in [0.717, 1.165) is 51.5 Å². The monoisotopic (exact) mass is 516 g/mol. The minimum atomic E-state index is -0.866. The van der Waals surface area contributed by atoms with Crippen LogP contribution in [-0.4, -0.2) is 22.2 Å². The summed E-state index contributed by atoms with van der Waals surface area (Å²) in [5.74, 6) is -1.73. The normalized spacial score (nSPS) is 11.0. The quantitative estimate of drug-likeness (QED) is 0.221. The second-order valence-electron chi connectivity index (χ2n) is 7.97. The minimum absolute atomic E-state index is 0.0483. The van der Waals surface area contributed by atoms with Gasteiger partial charge in [0.1, 0.15) is 0 Å². The van der Waals surface area contributed by atoms with E-state index < -0.39 is 11.9 Å². The fourth-order valence-electron chi connectivity index (χ4n) is 3.93. The molecule has 3 aromatic heterocycles. The van der Waals surface area contributed by atoms with Crippen molar-refractivity contribution >= 4 is 45.9 Å². The van der Waals surface area contributed by atoms with Gasteiger partial charge in [0.25, 0.3) is 0 Å². The van der Waals surface area contributed by atoms with Gasteiger partial charge in [-0.2, -0.15) is 0 Å². The predicted molar refractivity (Wildman–Crippen MR) is 144 cm³/mol. The Morgan fingerprint density at radius 2 is 0.943 bits per heavy atom. The molecule has 0 bridgehead atoms. The van der Waals surface area contributed by atoms with Crippen LogP contribution in [0.2, 0.25) is 0 Å². The Morgan fingerprint density at radius 1 is 0.543 bits per heavy atom. The van der Waals surface area contributed by atoms with Crippen LogP contribution in [0.1, 0.15) is 11.1 Å². The first-order chi connectivity index (χ1) is 17.0. The van der Waals surface area contributed by atoms with Gasteiger partial charge in [-0.1, -0.05) is 60.7 Å². The molecule has 0 fully saturated rings. The number of carbonyl (C=O) groups is 2. The molecule has 0 aliphatic rings. The summed E-state index contributed by atoms with van der Waals surface area (Å²) in [5.41, 5.74) is 3.69. The molecular formula is C28H20O4S3. The predicted octanol–water partition coefficient (Wildman–Crippen LogP) is 7.79. The largest absolute Gasteiger partial charge is 0.481 e. The van der Waals surface area contributed by atoms with E-state index in [4.69, 9.17) is 0 Å². The molecule has 0 aliphatic heterocycles. The minimum Gasteiger partial charge on any atom is -0.481 e. The lowest BCUT2D eigenvalue weighted by atomic mass is 10.1. The van der Waals surface area contributed by atoms with Gasteiger partial charge in [-0.05, 0) is 46.5 Å². The van der Waals surface area contributed by atoms with Crippen LogP contribution in [0.4, 0.5) is 0 Å². The molecule has 0 spiro atoms. The van der Waals surface area contributed by atoms with Gasteiger partial charge < -0.3 is 10.2 Å². The zero-order chi connectivity index (χ0) is 24.4. The molecule has 0 amide bonds. The molecule has 5 rings (SSSR count). The van der Waals surface area contributed by atoms with Crippen LogP contribution in [0.5, 0.6) is 0 Å². The van der Waals surface area contributed by atoms with Crippen molar-refractivity contribution in [2.45, 2.75) is 12.8 Å². The SMILES string of the molecule is O=C(O)Cc1cc(-c2ccccc2)sc1-c1ccc(-c2sc(-c3ccccc3)cc2CC(=O)O)s1. The van der Waals surface area contributed by atoms with Crippen LogP contribution in [0, 0.1) is 0 Å². The second-order valence-corrected chi connectivity index (χ2v) is 11.2. The van der Waals surface area contributed by atoms with Crippen LogP contribution >= 0.6 is 34.0 Å². The average molecular weight is 517 g/mol. The maximum Gasteiger partial charge on any atom is 0.307 e. The maximum atomic E-state index is 11.6. The number of thiophene rings is 3. The Hall–Kier alpha value is -3.52. The Bertz CT molecular complexity index is 1380. The first-order valence-electron chi connectivity index (χ1n) is 10.9. The van der Waals surface area contributed by atoms with Crippen molar-refractivity contribution in [2.75, 3.05) is 0 Å². The Kier molecular flexibility index (Phi) is 6.63. The number of carboxylic acids is 2. The van der Waals surface area contributed by atoms with Crippen molar-refractivity contribution in [1.82, 2.24) is 0 Å². The van der Waals surface area contributed by atoms with Crippen LogP contribution in [-0.2, 0) is 22.4 Å². The third-order valence-corrected chi connectivity index (χ3v) is 9.37. The molecule has 5 aromatic rings. The summed E-state index contributed by atoms with van der Waals surface area (Å²) in [6.45, 7) is 0. The van der Waals surface area contributed by atoms with Crippen molar-refractivity contribution in [3.8, 4) is 40.4 Å². The Balaban J connectivity index is 1.56.